The summed E-state index contributed by atoms with van der Waals surface area (Å²) in [7, 11) is 0. The molecule has 1 aliphatic carbocycles. The van der Waals surface area contributed by atoms with E-state index in [4.69, 9.17) is 18.9 Å². The Hall–Kier alpha value is -2.12. The Bertz CT molecular complexity index is 845. The van der Waals surface area contributed by atoms with Gasteiger partial charge in [-0.25, -0.2) is 4.79 Å². The summed E-state index contributed by atoms with van der Waals surface area (Å²) in [6.45, 7) is 9.27. The second-order valence-corrected chi connectivity index (χ2v) is 9.61. The molecule has 2 bridgehead atoms. The fourth-order valence-corrected chi connectivity index (χ4v) is 5.35. The molecule has 8 heteroatoms. The van der Waals surface area contributed by atoms with Crippen molar-refractivity contribution in [2.75, 3.05) is 13.2 Å². The third-order valence-electron chi connectivity index (χ3n) is 7.86. The minimum atomic E-state index is -0.686. The van der Waals surface area contributed by atoms with Crippen molar-refractivity contribution in [3.8, 4) is 0 Å². The van der Waals surface area contributed by atoms with Gasteiger partial charge >= 0.3 is 5.97 Å². The number of benzene rings is 1. The summed E-state index contributed by atoms with van der Waals surface area (Å²) in [6.07, 6.45) is 0.211. The highest BCUT2D eigenvalue weighted by atomic mass is 16.7. The zero-order valence-electron chi connectivity index (χ0n) is 19.2. The van der Waals surface area contributed by atoms with Crippen molar-refractivity contribution in [2.24, 2.45) is 34.7 Å². The van der Waals surface area contributed by atoms with E-state index in [2.05, 4.69) is 23.9 Å². The first kappa shape index (κ1) is 23.1. The molecule has 7 unspecified atom stereocenters. The van der Waals surface area contributed by atoms with Gasteiger partial charge in [0.2, 0.25) is 0 Å². The van der Waals surface area contributed by atoms with Gasteiger partial charge in [0.25, 0.3) is 0 Å². The standard InChI is InChI=1S/C24H33N3O5/c1-13-15(3)21(26-27-25)24(32-22-16(4)14(2)19-10-18(22)11-29-19)31-20(13)12-30-23(28)17-8-6-5-7-9-17/h5-9,13-16,18-22,24H,10-12H2,1-4H3/t13?,14-,15+,16-,18?,19?,20?,21?,22?,24?/m1/s1. The summed E-state index contributed by atoms with van der Waals surface area (Å²) in [5.74, 6) is 0.655. The number of carbonyl (C=O) groups excluding carboxylic acids is 1. The molecule has 2 aliphatic heterocycles. The second kappa shape index (κ2) is 9.79. The van der Waals surface area contributed by atoms with E-state index in [-0.39, 0.29) is 36.6 Å². The predicted octanol–water partition coefficient (Wildman–Crippen LogP) is 4.60. The first-order valence-corrected chi connectivity index (χ1v) is 11.6. The van der Waals surface area contributed by atoms with Gasteiger partial charge in [0.1, 0.15) is 6.61 Å². The van der Waals surface area contributed by atoms with Gasteiger partial charge in [0.15, 0.2) is 6.29 Å². The summed E-state index contributed by atoms with van der Waals surface area (Å²) >= 11 is 0. The highest BCUT2D eigenvalue weighted by Crippen LogP contribution is 2.44. The second-order valence-electron chi connectivity index (χ2n) is 9.61. The molecular weight excluding hydrogens is 410 g/mol. The molecule has 0 spiro atoms. The van der Waals surface area contributed by atoms with Crippen molar-refractivity contribution in [1.29, 1.82) is 0 Å². The molecule has 0 amide bonds. The van der Waals surface area contributed by atoms with Crippen LogP contribution in [0, 0.1) is 29.6 Å². The van der Waals surface area contributed by atoms with Gasteiger partial charge in [-0.15, -0.1) is 0 Å². The quantitative estimate of drug-likeness (QED) is 0.277. The van der Waals surface area contributed by atoms with Crippen molar-refractivity contribution in [2.45, 2.75) is 64.8 Å². The molecule has 3 aliphatic rings. The average Bonchev–Trinajstić information content (AvgIpc) is 3.26. The maximum absolute atomic E-state index is 12.4. The number of nitrogens with zero attached hydrogens (tertiary/aromatic N) is 3. The minimum Gasteiger partial charge on any atom is -0.459 e. The lowest BCUT2D eigenvalue weighted by Crippen LogP contribution is -2.54. The molecule has 1 aromatic rings. The third-order valence-corrected chi connectivity index (χ3v) is 7.86. The van der Waals surface area contributed by atoms with E-state index in [0.29, 0.717) is 36.0 Å². The Morgan fingerprint density at radius 2 is 1.88 bits per heavy atom. The molecule has 0 N–H and O–H groups in total. The molecule has 3 fully saturated rings. The van der Waals surface area contributed by atoms with Crippen LogP contribution >= 0.6 is 0 Å². The Balaban J connectivity index is 1.47. The summed E-state index contributed by atoms with van der Waals surface area (Å²) in [5, 5.41) is 4.04. The number of azide groups is 1. The number of hydrogen-bond donors (Lipinski definition) is 0. The number of carbonyl (C=O) groups is 1. The Kier molecular flexibility index (Phi) is 7.05. The Morgan fingerprint density at radius 3 is 2.59 bits per heavy atom. The maximum Gasteiger partial charge on any atom is 0.338 e. The highest BCUT2D eigenvalue weighted by molar-refractivity contribution is 5.89. The van der Waals surface area contributed by atoms with Gasteiger partial charge in [-0.1, -0.05) is 51.0 Å². The smallest absolute Gasteiger partial charge is 0.338 e. The first-order chi connectivity index (χ1) is 15.4. The minimum absolute atomic E-state index is 0.00831. The van der Waals surface area contributed by atoms with E-state index in [9.17, 15) is 10.3 Å². The number of ether oxygens (including phenoxy) is 4. The topological polar surface area (TPSA) is 103 Å². The van der Waals surface area contributed by atoms with Gasteiger partial charge in [0.05, 0.1) is 36.5 Å². The predicted molar refractivity (Wildman–Crippen MR) is 118 cm³/mol. The van der Waals surface area contributed by atoms with E-state index < -0.39 is 12.3 Å². The summed E-state index contributed by atoms with van der Waals surface area (Å²) in [5.41, 5.74) is 9.68. The lowest BCUT2D eigenvalue weighted by molar-refractivity contribution is -0.268. The van der Waals surface area contributed by atoms with Crippen LogP contribution in [0.5, 0.6) is 0 Å². The normalized spacial score (nSPS) is 41.0. The van der Waals surface area contributed by atoms with Crippen LogP contribution in [-0.2, 0) is 18.9 Å². The van der Waals surface area contributed by atoms with Crippen molar-refractivity contribution in [3.05, 3.63) is 46.3 Å². The molecule has 1 saturated carbocycles. The Labute approximate surface area is 189 Å². The lowest BCUT2D eigenvalue weighted by atomic mass is 9.73. The van der Waals surface area contributed by atoms with Gasteiger partial charge in [-0.3, -0.25) is 0 Å². The fourth-order valence-electron chi connectivity index (χ4n) is 5.35. The van der Waals surface area contributed by atoms with Crippen LogP contribution in [0.4, 0.5) is 0 Å². The van der Waals surface area contributed by atoms with Gasteiger partial charge in [0, 0.05) is 10.8 Å². The van der Waals surface area contributed by atoms with Gasteiger partial charge in [-0.2, -0.15) is 0 Å². The summed E-state index contributed by atoms with van der Waals surface area (Å²) in [4.78, 5) is 15.5. The molecule has 0 radical (unpaired) electrons. The number of rotatable bonds is 6. The number of fused-ring (bicyclic) bond motifs is 2. The first-order valence-electron chi connectivity index (χ1n) is 11.6. The van der Waals surface area contributed by atoms with Crippen LogP contribution in [0.1, 0.15) is 44.5 Å². The largest absolute Gasteiger partial charge is 0.459 e. The van der Waals surface area contributed by atoms with E-state index in [1.165, 1.54) is 0 Å². The van der Waals surface area contributed by atoms with Crippen molar-refractivity contribution >= 4 is 5.97 Å². The summed E-state index contributed by atoms with van der Waals surface area (Å²) < 4.78 is 24.4. The molecular formula is C24H33N3O5. The van der Waals surface area contributed by atoms with E-state index in [0.717, 1.165) is 6.42 Å². The fraction of sp³-hybridized carbons (Fsp3) is 0.708. The highest BCUT2D eigenvalue weighted by Gasteiger charge is 2.50. The number of hydrogen-bond acceptors (Lipinski definition) is 6. The monoisotopic (exact) mass is 443 g/mol. The maximum atomic E-state index is 12.4. The van der Waals surface area contributed by atoms with E-state index in [1.54, 1.807) is 24.3 Å². The third kappa shape index (κ3) is 4.50. The number of esters is 1. The SMILES string of the molecule is CC1C(COC(=O)c2ccccc2)OC(OC2C3COC(C3)[C@H](C)[C@H]2C)C(N=[N+]=[N-])[C@H]1C. The molecule has 0 aromatic heterocycles. The molecule has 10 atom stereocenters. The Morgan fingerprint density at radius 1 is 1.12 bits per heavy atom. The van der Waals surface area contributed by atoms with Crippen molar-refractivity contribution < 1.29 is 23.7 Å². The van der Waals surface area contributed by atoms with Crippen molar-refractivity contribution in [1.82, 2.24) is 0 Å². The van der Waals surface area contributed by atoms with Crippen LogP contribution in [0.15, 0.2) is 35.4 Å². The molecule has 32 heavy (non-hydrogen) atoms. The molecule has 2 heterocycles. The lowest BCUT2D eigenvalue weighted by Gasteiger charge is -2.46. The molecule has 174 valence electrons. The zero-order chi connectivity index (χ0) is 22.8. The van der Waals surface area contributed by atoms with Gasteiger partial charge < -0.3 is 18.9 Å². The summed E-state index contributed by atoms with van der Waals surface area (Å²) in [6, 6.07) is 8.46. The van der Waals surface area contributed by atoms with Crippen LogP contribution in [0.25, 0.3) is 10.4 Å². The van der Waals surface area contributed by atoms with Crippen LogP contribution in [-0.4, -0.2) is 49.8 Å². The van der Waals surface area contributed by atoms with Crippen LogP contribution in [0.2, 0.25) is 0 Å². The van der Waals surface area contributed by atoms with Crippen LogP contribution < -0.4 is 0 Å². The van der Waals surface area contributed by atoms with Crippen molar-refractivity contribution in [3.63, 3.8) is 0 Å². The van der Waals surface area contributed by atoms with Gasteiger partial charge in [-0.05, 0) is 47.8 Å². The zero-order valence-corrected chi connectivity index (χ0v) is 19.2. The average molecular weight is 444 g/mol. The van der Waals surface area contributed by atoms with E-state index in [1.807, 2.05) is 19.9 Å². The molecule has 8 nitrogen and oxygen atoms in total. The van der Waals surface area contributed by atoms with Crippen LogP contribution in [0.3, 0.4) is 0 Å². The molecule has 4 rings (SSSR count). The van der Waals surface area contributed by atoms with E-state index >= 15 is 0 Å². The molecule has 2 saturated heterocycles. The molecule has 1 aromatic carbocycles.